The minimum absolute atomic E-state index is 0.181. The SMILES string of the molecule is CC(C)C/C=C(\CN1CCO[C@@H](CN)C1)c1ccccc1. The van der Waals surface area contributed by atoms with Crippen LogP contribution in [0, 0.1) is 5.92 Å². The highest BCUT2D eigenvalue weighted by Crippen LogP contribution is 2.19. The van der Waals surface area contributed by atoms with E-state index in [0.29, 0.717) is 12.5 Å². The van der Waals surface area contributed by atoms with Crippen LogP contribution in [0.25, 0.3) is 5.57 Å². The van der Waals surface area contributed by atoms with Gasteiger partial charge in [0.15, 0.2) is 0 Å². The Kier molecular flexibility index (Phi) is 6.43. The van der Waals surface area contributed by atoms with Crippen molar-refractivity contribution >= 4 is 5.57 Å². The molecule has 0 unspecified atom stereocenters. The standard InChI is InChI=1S/C18H28N2O/c1-15(2)8-9-17(16-6-4-3-5-7-16)13-20-10-11-21-18(12-19)14-20/h3-7,9,15,18H,8,10-14,19H2,1-2H3/b17-9+/t18-/m0/s1. The molecule has 3 nitrogen and oxygen atoms in total. The fraction of sp³-hybridized carbons (Fsp3) is 0.556. The van der Waals surface area contributed by atoms with E-state index in [1.165, 1.54) is 11.1 Å². The van der Waals surface area contributed by atoms with Crippen LogP contribution in [0.15, 0.2) is 36.4 Å². The Bertz CT molecular complexity index is 442. The van der Waals surface area contributed by atoms with Crippen LogP contribution in [0.5, 0.6) is 0 Å². The molecule has 2 rings (SSSR count). The highest BCUT2D eigenvalue weighted by molar-refractivity contribution is 5.66. The van der Waals surface area contributed by atoms with Crippen LogP contribution in [0.3, 0.4) is 0 Å². The van der Waals surface area contributed by atoms with Gasteiger partial charge in [0, 0.05) is 26.2 Å². The number of nitrogens with zero attached hydrogens (tertiary/aromatic N) is 1. The van der Waals surface area contributed by atoms with Crippen molar-refractivity contribution in [3.63, 3.8) is 0 Å². The Hall–Kier alpha value is -1.16. The summed E-state index contributed by atoms with van der Waals surface area (Å²) in [5.74, 6) is 0.685. The van der Waals surface area contributed by atoms with E-state index in [0.717, 1.165) is 32.7 Å². The van der Waals surface area contributed by atoms with Crippen LogP contribution in [0.1, 0.15) is 25.8 Å². The van der Waals surface area contributed by atoms with Gasteiger partial charge in [-0.2, -0.15) is 0 Å². The summed E-state index contributed by atoms with van der Waals surface area (Å²) < 4.78 is 5.66. The van der Waals surface area contributed by atoms with E-state index in [1.807, 2.05) is 0 Å². The van der Waals surface area contributed by atoms with E-state index in [2.05, 4.69) is 55.2 Å². The molecule has 3 heteroatoms. The quantitative estimate of drug-likeness (QED) is 0.875. The number of allylic oxidation sites excluding steroid dienone is 1. The third kappa shape index (κ3) is 5.27. The van der Waals surface area contributed by atoms with Gasteiger partial charge in [-0.25, -0.2) is 0 Å². The molecule has 21 heavy (non-hydrogen) atoms. The minimum Gasteiger partial charge on any atom is -0.374 e. The van der Waals surface area contributed by atoms with E-state index in [-0.39, 0.29) is 6.10 Å². The van der Waals surface area contributed by atoms with E-state index in [9.17, 15) is 0 Å². The first-order chi connectivity index (χ1) is 10.2. The van der Waals surface area contributed by atoms with Crippen molar-refractivity contribution in [2.75, 3.05) is 32.8 Å². The predicted molar refractivity (Wildman–Crippen MR) is 89.1 cm³/mol. The average molecular weight is 288 g/mol. The zero-order valence-corrected chi connectivity index (χ0v) is 13.3. The normalized spacial score (nSPS) is 21.0. The summed E-state index contributed by atoms with van der Waals surface area (Å²) in [6, 6.07) is 10.7. The Morgan fingerprint density at radius 2 is 2.14 bits per heavy atom. The lowest BCUT2D eigenvalue weighted by Crippen LogP contribution is -2.46. The van der Waals surface area contributed by atoms with Crippen LogP contribution in [0.4, 0.5) is 0 Å². The van der Waals surface area contributed by atoms with Crippen molar-refractivity contribution in [2.45, 2.75) is 26.4 Å². The number of morpholine rings is 1. The van der Waals surface area contributed by atoms with Gasteiger partial charge in [-0.1, -0.05) is 50.3 Å². The number of hydrogen-bond donors (Lipinski definition) is 1. The third-order valence-corrected chi connectivity index (χ3v) is 3.86. The Balaban J connectivity index is 2.07. The van der Waals surface area contributed by atoms with Crippen molar-refractivity contribution < 1.29 is 4.74 Å². The van der Waals surface area contributed by atoms with Crippen LogP contribution in [-0.2, 0) is 4.74 Å². The molecule has 0 spiro atoms. The van der Waals surface area contributed by atoms with Gasteiger partial charge in [0.1, 0.15) is 0 Å². The topological polar surface area (TPSA) is 38.5 Å². The molecule has 1 heterocycles. The van der Waals surface area contributed by atoms with Gasteiger partial charge in [0.25, 0.3) is 0 Å². The van der Waals surface area contributed by atoms with Crippen molar-refractivity contribution in [1.29, 1.82) is 0 Å². The smallest absolute Gasteiger partial charge is 0.0824 e. The minimum atomic E-state index is 0.181. The number of ether oxygens (including phenoxy) is 1. The molecule has 1 saturated heterocycles. The Labute approximate surface area is 128 Å². The second-order valence-corrected chi connectivity index (χ2v) is 6.19. The molecule has 0 bridgehead atoms. The van der Waals surface area contributed by atoms with Crippen molar-refractivity contribution in [3.05, 3.63) is 42.0 Å². The summed E-state index contributed by atoms with van der Waals surface area (Å²) in [6.45, 7) is 8.82. The lowest BCUT2D eigenvalue weighted by atomic mass is 10.0. The van der Waals surface area contributed by atoms with Crippen LogP contribution in [-0.4, -0.2) is 43.8 Å². The molecule has 0 radical (unpaired) electrons. The molecule has 1 atom stereocenters. The fourth-order valence-corrected chi connectivity index (χ4v) is 2.61. The number of hydrogen-bond acceptors (Lipinski definition) is 3. The number of nitrogens with two attached hydrogens (primary N) is 1. The van der Waals surface area contributed by atoms with Crippen molar-refractivity contribution in [2.24, 2.45) is 11.7 Å². The predicted octanol–water partition coefficient (Wildman–Crippen LogP) is 2.78. The maximum Gasteiger partial charge on any atom is 0.0824 e. The highest BCUT2D eigenvalue weighted by atomic mass is 16.5. The first kappa shape index (κ1) is 16.2. The monoisotopic (exact) mass is 288 g/mol. The summed E-state index contributed by atoms with van der Waals surface area (Å²) in [5, 5.41) is 0. The molecule has 1 fully saturated rings. The molecular formula is C18H28N2O. The third-order valence-electron chi connectivity index (χ3n) is 3.86. The van der Waals surface area contributed by atoms with E-state index < -0.39 is 0 Å². The summed E-state index contributed by atoms with van der Waals surface area (Å²) >= 11 is 0. The maximum atomic E-state index is 5.74. The zero-order valence-electron chi connectivity index (χ0n) is 13.3. The Morgan fingerprint density at radius 1 is 1.38 bits per heavy atom. The molecule has 116 valence electrons. The summed E-state index contributed by atoms with van der Waals surface area (Å²) in [6.07, 6.45) is 3.70. The first-order valence-corrected chi connectivity index (χ1v) is 7.97. The van der Waals surface area contributed by atoms with Crippen molar-refractivity contribution in [1.82, 2.24) is 4.90 Å². The second kappa shape index (κ2) is 8.32. The molecule has 1 aromatic carbocycles. The van der Waals surface area contributed by atoms with Crippen LogP contribution >= 0.6 is 0 Å². The van der Waals surface area contributed by atoms with Gasteiger partial charge in [-0.05, 0) is 23.5 Å². The maximum absolute atomic E-state index is 5.74. The summed E-state index contributed by atoms with van der Waals surface area (Å²) in [5.41, 5.74) is 8.49. The van der Waals surface area contributed by atoms with Gasteiger partial charge in [-0.3, -0.25) is 4.90 Å². The van der Waals surface area contributed by atoms with Gasteiger partial charge in [0.05, 0.1) is 12.7 Å². The van der Waals surface area contributed by atoms with Gasteiger partial charge >= 0.3 is 0 Å². The lowest BCUT2D eigenvalue weighted by Gasteiger charge is -2.33. The molecule has 1 aromatic rings. The summed E-state index contributed by atoms with van der Waals surface area (Å²) in [7, 11) is 0. The molecule has 0 saturated carbocycles. The van der Waals surface area contributed by atoms with Gasteiger partial charge in [-0.15, -0.1) is 0 Å². The van der Waals surface area contributed by atoms with E-state index >= 15 is 0 Å². The molecule has 2 N–H and O–H groups in total. The molecular weight excluding hydrogens is 260 g/mol. The molecule has 0 aliphatic carbocycles. The number of benzene rings is 1. The van der Waals surface area contributed by atoms with Gasteiger partial charge in [0.2, 0.25) is 0 Å². The van der Waals surface area contributed by atoms with E-state index in [4.69, 9.17) is 10.5 Å². The molecule has 0 aromatic heterocycles. The fourth-order valence-electron chi connectivity index (χ4n) is 2.61. The van der Waals surface area contributed by atoms with Gasteiger partial charge < -0.3 is 10.5 Å². The van der Waals surface area contributed by atoms with E-state index in [1.54, 1.807) is 0 Å². The Morgan fingerprint density at radius 3 is 2.81 bits per heavy atom. The highest BCUT2D eigenvalue weighted by Gasteiger charge is 2.20. The molecule has 0 amide bonds. The lowest BCUT2D eigenvalue weighted by molar-refractivity contribution is -0.0183. The number of rotatable bonds is 6. The average Bonchev–Trinajstić information content (AvgIpc) is 2.52. The van der Waals surface area contributed by atoms with Crippen molar-refractivity contribution in [3.8, 4) is 0 Å². The zero-order chi connectivity index (χ0) is 15.1. The molecule has 1 aliphatic heterocycles. The van der Waals surface area contributed by atoms with Crippen LogP contribution < -0.4 is 5.73 Å². The van der Waals surface area contributed by atoms with Crippen LogP contribution in [0.2, 0.25) is 0 Å². The second-order valence-electron chi connectivity index (χ2n) is 6.19. The largest absolute Gasteiger partial charge is 0.374 e. The first-order valence-electron chi connectivity index (χ1n) is 7.97. The molecule has 1 aliphatic rings. The summed E-state index contributed by atoms with van der Waals surface area (Å²) in [4.78, 5) is 2.46.